The second kappa shape index (κ2) is 6.16. The van der Waals surface area contributed by atoms with Crippen molar-refractivity contribution in [3.63, 3.8) is 0 Å². The molecule has 1 aromatic rings. The molecule has 1 unspecified atom stereocenters. The summed E-state index contributed by atoms with van der Waals surface area (Å²) < 4.78 is 10.6. The summed E-state index contributed by atoms with van der Waals surface area (Å²) in [5, 5.41) is 11.6. The van der Waals surface area contributed by atoms with E-state index >= 15 is 0 Å². The Hall–Kier alpha value is -1.82. The standard InChI is InChI=1S/C19H28N2O4/c1-18(2)8-14-9-19(3,11-18)12-20(14)10-13-6-16(24-4)17(25-5)7-15(13)21(22)23/h6-7,14H,8-12H2,1-5H3/p+1/t14-,19-/m1/s1. The lowest BCUT2D eigenvalue weighted by molar-refractivity contribution is -0.928. The molecule has 138 valence electrons. The molecule has 0 aromatic heterocycles. The zero-order chi connectivity index (χ0) is 18.4. The number of fused-ring (bicyclic) bond motifs is 2. The maximum Gasteiger partial charge on any atom is 0.282 e. The maximum absolute atomic E-state index is 11.6. The number of rotatable bonds is 5. The molecular formula is C19H29N2O4+. The van der Waals surface area contributed by atoms with E-state index in [4.69, 9.17) is 9.47 Å². The number of quaternary nitrogens is 1. The number of hydrogen-bond donors (Lipinski definition) is 1. The van der Waals surface area contributed by atoms with Crippen molar-refractivity contribution in [1.29, 1.82) is 0 Å². The average Bonchev–Trinajstić information content (AvgIpc) is 2.74. The number of nitrogens with zero attached hydrogens (tertiary/aromatic N) is 1. The minimum Gasteiger partial charge on any atom is -0.493 e. The first-order chi connectivity index (χ1) is 11.7. The van der Waals surface area contributed by atoms with E-state index in [2.05, 4.69) is 20.8 Å². The van der Waals surface area contributed by atoms with Gasteiger partial charge < -0.3 is 14.4 Å². The summed E-state index contributed by atoms with van der Waals surface area (Å²) in [6.07, 6.45) is 3.62. The van der Waals surface area contributed by atoms with Gasteiger partial charge in [0.1, 0.15) is 6.54 Å². The van der Waals surface area contributed by atoms with Crippen LogP contribution in [0.2, 0.25) is 0 Å². The molecule has 6 heteroatoms. The van der Waals surface area contributed by atoms with Gasteiger partial charge in [0.25, 0.3) is 5.69 Å². The van der Waals surface area contributed by atoms with Gasteiger partial charge in [-0.2, -0.15) is 0 Å². The molecule has 2 aliphatic rings. The summed E-state index contributed by atoms with van der Waals surface area (Å²) >= 11 is 0. The average molecular weight is 349 g/mol. The van der Waals surface area contributed by atoms with Gasteiger partial charge in [-0.3, -0.25) is 10.1 Å². The number of nitro benzene ring substituents is 1. The Kier molecular flexibility index (Phi) is 4.43. The Labute approximate surface area is 149 Å². The molecule has 3 rings (SSSR count). The molecule has 1 N–H and O–H groups in total. The molecule has 1 aliphatic heterocycles. The second-order valence-electron chi connectivity index (χ2n) is 8.86. The lowest BCUT2D eigenvalue weighted by Gasteiger charge is -2.37. The first-order valence-electron chi connectivity index (χ1n) is 8.90. The first-order valence-corrected chi connectivity index (χ1v) is 8.90. The number of likely N-dealkylation sites (tertiary alicyclic amines) is 1. The highest BCUT2D eigenvalue weighted by atomic mass is 16.6. The van der Waals surface area contributed by atoms with E-state index in [0.717, 1.165) is 12.1 Å². The van der Waals surface area contributed by atoms with E-state index in [1.54, 1.807) is 13.2 Å². The minimum absolute atomic E-state index is 0.121. The Balaban J connectivity index is 1.91. The van der Waals surface area contributed by atoms with Gasteiger partial charge >= 0.3 is 0 Å². The zero-order valence-corrected chi connectivity index (χ0v) is 15.8. The van der Waals surface area contributed by atoms with Crippen molar-refractivity contribution in [2.45, 2.75) is 52.6 Å². The van der Waals surface area contributed by atoms with Crippen LogP contribution in [0.25, 0.3) is 0 Å². The number of methoxy groups -OCH3 is 2. The van der Waals surface area contributed by atoms with Gasteiger partial charge in [0.2, 0.25) is 0 Å². The molecule has 0 radical (unpaired) electrons. The van der Waals surface area contributed by atoms with Crippen molar-refractivity contribution >= 4 is 5.69 Å². The number of hydrogen-bond acceptors (Lipinski definition) is 4. The van der Waals surface area contributed by atoms with Crippen molar-refractivity contribution in [1.82, 2.24) is 0 Å². The van der Waals surface area contributed by atoms with Crippen LogP contribution in [-0.4, -0.2) is 31.7 Å². The van der Waals surface area contributed by atoms with Crippen LogP contribution < -0.4 is 14.4 Å². The molecule has 1 heterocycles. The fraction of sp³-hybridized carbons (Fsp3) is 0.684. The van der Waals surface area contributed by atoms with Crippen molar-refractivity contribution in [2.24, 2.45) is 10.8 Å². The van der Waals surface area contributed by atoms with Gasteiger partial charge in [-0.05, 0) is 17.9 Å². The molecule has 1 saturated carbocycles. The SMILES string of the molecule is COc1cc(C[NH+]2C[C@]3(C)C[C@H]2CC(C)(C)C3)c([N+](=O)[O-])cc1OC. The highest BCUT2D eigenvalue weighted by Crippen LogP contribution is 2.47. The highest BCUT2D eigenvalue weighted by molar-refractivity contribution is 5.54. The topological polar surface area (TPSA) is 66.0 Å². The monoisotopic (exact) mass is 349 g/mol. The molecule has 0 amide bonds. The summed E-state index contributed by atoms with van der Waals surface area (Å²) in [6, 6.07) is 3.84. The van der Waals surface area contributed by atoms with Gasteiger partial charge in [-0.1, -0.05) is 20.8 Å². The fourth-order valence-corrected chi connectivity index (χ4v) is 5.42. The molecule has 1 aliphatic carbocycles. The van der Waals surface area contributed by atoms with Crippen molar-refractivity contribution in [3.05, 3.63) is 27.8 Å². The van der Waals surface area contributed by atoms with Crippen LogP contribution in [0, 0.1) is 20.9 Å². The van der Waals surface area contributed by atoms with Crippen LogP contribution >= 0.6 is 0 Å². The van der Waals surface area contributed by atoms with Gasteiger partial charge in [-0.25, -0.2) is 0 Å². The van der Waals surface area contributed by atoms with E-state index in [1.165, 1.54) is 37.3 Å². The minimum atomic E-state index is -0.315. The summed E-state index contributed by atoms with van der Waals surface area (Å²) in [5.41, 5.74) is 1.54. The first kappa shape index (κ1) is 18.0. The third kappa shape index (κ3) is 3.45. The summed E-state index contributed by atoms with van der Waals surface area (Å²) in [7, 11) is 3.06. The summed E-state index contributed by atoms with van der Waals surface area (Å²) in [4.78, 5) is 12.7. The van der Waals surface area contributed by atoms with Gasteiger partial charge in [0.05, 0.1) is 43.4 Å². The molecule has 2 fully saturated rings. The Morgan fingerprint density at radius 1 is 1.20 bits per heavy atom. The Bertz CT molecular complexity index is 688. The molecule has 3 atom stereocenters. The highest BCUT2D eigenvalue weighted by Gasteiger charge is 2.52. The van der Waals surface area contributed by atoms with E-state index in [1.807, 2.05) is 0 Å². The number of nitro groups is 1. The number of ether oxygens (including phenoxy) is 2. The van der Waals surface area contributed by atoms with E-state index in [-0.39, 0.29) is 10.6 Å². The predicted molar refractivity (Wildman–Crippen MR) is 95.3 cm³/mol. The molecule has 0 spiro atoms. The van der Waals surface area contributed by atoms with Gasteiger partial charge in [0.15, 0.2) is 11.5 Å². The molecule has 1 aromatic carbocycles. The lowest BCUT2D eigenvalue weighted by Crippen LogP contribution is -3.12. The summed E-state index contributed by atoms with van der Waals surface area (Å²) in [6.45, 7) is 8.80. The Morgan fingerprint density at radius 2 is 1.84 bits per heavy atom. The van der Waals surface area contributed by atoms with Crippen molar-refractivity contribution < 1.29 is 19.3 Å². The summed E-state index contributed by atoms with van der Waals surface area (Å²) in [5.74, 6) is 0.956. The fourth-order valence-electron chi connectivity index (χ4n) is 5.42. The lowest BCUT2D eigenvalue weighted by atomic mass is 9.65. The van der Waals surface area contributed by atoms with E-state index in [9.17, 15) is 10.1 Å². The molecule has 2 bridgehead atoms. The molecule has 25 heavy (non-hydrogen) atoms. The van der Waals surface area contributed by atoms with Gasteiger partial charge in [-0.15, -0.1) is 0 Å². The van der Waals surface area contributed by atoms with Crippen LogP contribution in [0.1, 0.15) is 45.6 Å². The third-order valence-corrected chi connectivity index (χ3v) is 5.87. The zero-order valence-electron chi connectivity index (χ0n) is 15.8. The molecule has 1 saturated heterocycles. The van der Waals surface area contributed by atoms with E-state index < -0.39 is 0 Å². The maximum atomic E-state index is 11.6. The van der Waals surface area contributed by atoms with Crippen LogP contribution in [0.4, 0.5) is 5.69 Å². The molecular weight excluding hydrogens is 320 g/mol. The molecule has 6 nitrogen and oxygen atoms in total. The second-order valence-corrected chi connectivity index (χ2v) is 8.86. The predicted octanol–water partition coefficient (Wildman–Crippen LogP) is 2.60. The van der Waals surface area contributed by atoms with E-state index in [0.29, 0.717) is 34.9 Å². The third-order valence-electron chi connectivity index (χ3n) is 5.87. The van der Waals surface area contributed by atoms with Crippen LogP contribution in [0.3, 0.4) is 0 Å². The van der Waals surface area contributed by atoms with Gasteiger partial charge in [0, 0.05) is 18.3 Å². The van der Waals surface area contributed by atoms with Crippen LogP contribution in [0.5, 0.6) is 11.5 Å². The quantitative estimate of drug-likeness (QED) is 0.655. The van der Waals surface area contributed by atoms with Crippen molar-refractivity contribution in [3.8, 4) is 11.5 Å². The smallest absolute Gasteiger partial charge is 0.282 e. The van der Waals surface area contributed by atoms with Crippen LogP contribution in [-0.2, 0) is 6.54 Å². The normalized spacial score (nSPS) is 30.1. The Morgan fingerprint density at radius 3 is 2.44 bits per heavy atom. The van der Waals surface area contributed by atoms with Crippen molar-refractivity contribution in [2.75, 3.05) is 20.8 Å². The number of nitrogens with one attached hydrogen (secondary N) is 1. The van der Waals surface area contributed by atoms with Crippen LogP contribution in [0.15, 0.2) is 12.1 Å². The largest absolute Gasteiger partial charge is 0.493 e. The number of benzene rings is 1.